The SMILES string of the molecule is CCCCO[Si](I)(OCC)OCC. The summed E-state index contributed by atoms with van der Waals surface area (Å²) < 4.78 is 16.6. The highest BCUT2D eigenvalue weighted by molar-refractivity contribution is 14.1. The van der Waals surface area contributed by atoms with Crippen LogP contribution in [0.25, 0.3) is 0 Å². The molecule has 0 amide bonds. The number of unbranched alkanes of at least 4 members (excludes halogenated alkanes) is 1. The number of hydrogen-bond donors (Lipinski definition) is 0. The molecule has 0 N–H and O–H groups in total. The number of halogens is 1. The van der Waals surface area contributed by atoms with Crippen molar-refractivity contribution in [1.29, 1.82) is 0 Å². The predicted molar refractivity (Wildman–Crippen MR) is 63.9 cm³/mol. The predicted octanol–water partition coefficient (Wildman–Crippen LogP) is 2.75. The molecule has 0 fully saturated rings. The highest BCUT2D eigenvalue weighted by Crippen LogP contribution is 2.18. The van der Waals surface area contributed by atoms with Gasteiger partial charge in [-0.05, 0) is 42.1 Å². The van der Waals surface area contributed by atoms with Crippen LogP contribution in [0, 0.1) is 0 Å². The molecule has 0 saturated heterocycles. The molecule has 0 unspecified atom stereocenters. The summed E-state index contributed by atoms with van der Waals surface area (Å²) in [5.74, 6) is 0. The Hall–Kier alpha value is 0.827. The molecule has 0 radical (unpaired) electrons. The van der Waals surface area contributed by atoms with Gasteiger partial charge in [0.05, 0.1) is 0 Å². The summed E-state index contributed by atoms with van der Waals surface area (Å²) >= 11 is 2.19. The van der Waals surface area contributed by atoms with Gasteiger partial charge < -0.3 is 13.3 Å². The first kappa shape index (κ1) is 13.8. The molecule has 0 aliphatic rings. The minimum absolute atomic E-state index is 0.654. The first-order chi connectivity index (χ1) is 6.18. The van der Waals surface area contributed by atoms with Crippen LogP contribution in [-0.2, 0) is 13.3 Å². The lowest BCUT2D eigenvalue weighted by Gasteiger charge is -2.22. The van der Waals surface area contributed by atoms with Crippen LogP contribution in [-0.4, -0.2) is 26.1 Å². The largest absolute Gasteiger partial charge is 0.572 e. The van der Waals surface area contributed by atoms with Crippen molar-refractivity contribution in [2.24, 2.45) is 0 Å². The smallest absolute Gasteiger partial charge is 0.366 e. The first-order valence-corrected chi connectivity index (χ1v) is 9.63. The van der Waals surface area contributed by atoms with Crippen molar-refractivity contribution < 1.29 is 13.3 Å². The van der Waals surface area contributed by atoms with Gasteiger partial charge in [-0.2, -0.15) is 0 Å². The number of hydrogen-bond acceptors (Lipinski definition) is 3. The summed E-state index contributed by atoms with van der Waals surface area (Å²) in [6.45, 7) is 8.11. The van der Waals surface area contributed by atoms with Crippen LogP contribution in [0.1, 0.15) is 33.6 Å². The van der Waals surface area contributed by atoms with E-state index in [9.17, 15) is 0 Å². The van der Waals surface area contributed by atoms with Crippen molar-refractivity contribution in [2.75, 3.05) is 19.8 Å². The van der Waals surface area contributed by atoms with Gasteiger partial charge >= 0.3 is 6.30 Å². The van der Waals surface area contributed by atoms with Crippen LogP contribution < -0.4 is 0 Å². The highest BCUT2D eigenvalue weighted by atomic mass is 127. The monoisotopic (exact) mass is 318 g/mol. The molecule has 0 aliphatic carbocycles. The van der Waals surface area contributed by atoms with E-state index in [0.717, 1.165) is 19.4 Å². The summed E-state index contributed by atoms with van der Waals surface area (Å²) in [6, 6.07) is 0. The quantitative estimate of drug-likeness (QED) is 0.298. The highest BCUT2D eigenvalue weighted by Gasteiger charge is 2.37. The summed E-state index contributed by atoms with van der Waals surface area (Å²) in [4.78, 5) is 0. The van der Waals surface area contributed by atoms with Crippen molar-refractivity contribution in [2.45, 2.75) is 33.6 Å². The molecule has 0 saturated carbocycles. The normalized spacial score (nSPS) is 12.0. The Kier molecular flexibility index (Phi) is 8.68. The third-order valence-corrected chi connectivity index (χ3v) is 6.02. The van der Waals surface area contributed by atoms with E-state index >= 15 is 0 Å². The van der Waals surface area contributed by atoms with Crippen LogP contribution in [0.2, 0.25) is 0 Å². The molecule has 0 aliphatic heterocycles. The zero-order chi connectivity index (χ0) is 10.2. The molecule has 0 aromatic heterocycles. The Balaban J connectivity index is 3.76. The second-order valence-corrected chi connectivity index (χ2v) is 8.34. The fourth-order valence-electron chi connectivity index (χ4n) is 0.808. The Labute approximate surface area is 94.7 Å². The lowest BCUT2D eigenvalue weighted by atomic mass is 10.4. The van der Waals surface area contributed by atoms with E-state index in [1.807, 2.05) is 13.8 Å². The molecule has 0 atom stereocenters. The standard InChI is InChI=1S/C8H19IO3Si/c1-4-7-8-12-13(9,10-5-2)11-6-3/h4-8H2,1-3H3. The van der Waals surface area contributed by atoms with Gasteiger partial charge in [-0.1, -0.05) is 13.3 Å². The van der Waals surface area contributed by atoms with E-state index in [0.29, 0.717) is 13.2 Å². The summed E-state index contributed by atoms with van der Waals surface area (Å²) in [5, 5.41) is 0. The number of rotatable bonds is 8. The van der Waals surface area contributed by atoms with Gasteiger partial charge in [-0.3, -0.25) is 0 Å². The minimum atomic E-state index is -2.32. The maximum absolute atomic E-state index is 5.63. The minimum Gasteiger partial charge on any atom is -0.366 e. The van der Waals surface area contributed by atoms with E-state index < -0.39 is 6.30 Å². The lowest BCUT2D eigenvalue weighted by Crippen LogP contribution is -2.39. The molecule has 3 nitrogen and oxygen atoms in total. The zero-order valence-corrected chi connectivity index (χ0v) is 11.8. The van der Waals surface area contributed by atoms with Crippen LogP contribution in [0.15, 0.2) is 0 Å². The molecule has 0 heterocycles. The second kappa shape index (κ2) is 8.16. The summed E-state index contributed by atoms with van der Waals surface area (Å²) in [6.07, 6.45) is -0.111. The van der Waals surface area contributed by atoms with E-state index in [4.69, 9.17) is 13.3 Å². The lowest BCUT2D eigenvalue weighted by molar-refractivity contribution is 0.0958. The molecule has 80 valence electrons. The van der Waals surface area contributed by atoms with Gasteiger partial charge in [0.1, 0.15) is 0 Å². The fourth-order valence-corrected chi connectivity index (χ4v) is 4.67. The Morgan fingerprint density at radius 2 is 1.54 bits per heavy atom. The van der Waals surface area contributed by atoms with Gasteiger partial charge in [0.25, 0.3) is 0 Å². The molecule has 0 bridgehead atoms. The van der Waals surface area contributed by atoms with E-state index in [1.54, 1.807) is 0 Å². The average Bonchev–Trinajstić information content (AvgIpc) is 2.05. The van der Waals surface area contributed by atoms with E-state index in [2.05, 4.69) is 28.7 Å². The Morgan fingerprint density at radius 1 is 1.00 bits per heavy atom. The second-order valence-electron chi connectivity index (χ2n) is 2.55. The third-order valence-electron chi connectivity index (χ3n) is 1.41. The topological polar surface area (TPSA) is 27.7 Å². The maximum Gasteiger partial charge on any atom is 0.572 e. The third kappa shape index (κ3) is 6.84. The van der Waals surface area contributed by atoms with Crippen LogP contribution in [0.4, 0.5) is 0 Å². The Bertz CT molecular complexity index is 118. The Morgan fingerprint density at radius 3 is 1.92 bits per heavy atom. The van der Waals surface area contributed by atoms with Crippen molar-refractivity contribution in [3.05, 3.63) is 0 Å². The van der Waals surface area contributed by atoms with E-state index in [1.165, 1.54) is 0 Å². The van der Waals surface area contributed by atoms with Gasteiger partial charge in [-0.25, -0.2) is 0 Å². The van der Waals surface area contributed by atoms with Crippen molar-refractivity contribution in [1.82, 2.24) is 0 Å². The molecular weight excluding hydrogens is 299 g/mol. The van der Waals surface area contributed by atoms with Gasteiger partial charge in [-0.15, -0.1) is 0 Å². The van der Waals surface area contributed by atoms with Gasteiger partial charge in [0.2, 0.25) is 0 Å². The fraction of sp³-hybridized carbons (Fsp3) is 1.00. The van der Waals surface area contributed by atoms with Gasteiger partial charge in [0.15, 0.2) is 0 Å². The van der Waals surface area contributed by atoms with Crippen molar-refractivity contribution >= 4 is 28.1 Å². The molecule has 0 spiro atoms. The maximum atomic E-state index is 5.63. The van der Waals surface area contributed by atoms with Crippen LogP contribution >= 0.6 is 21.8 Å². The van der Waals surface area contributed by atoms with Crippen LogP contribution in [0.3, 0.4) is 0 Å². The van der Waals surface area contributed by atoms with Gasteiger partial charge in [0, 0.05) is 19.8 Å². The summed E-state index contributed by atoms with van der Waals surface area (Å²) in [5.41, 5.74) is 0. The molecular formula is C8H19IO3Si. The molecule has 0 rings (SSSR count). The molecule has 0 aromatic rings. The molecule has 0 aromatic carbocycles. The van der Waals surface area contributed by atoms with Crippen LogP contribution in [0.5, 0.6) is 0 Å². The van der Waals surface area contributed by atoms with E-state index in [-0.39, 0.29) is 0 Å². The first-order valence-electron chi connectivity index (χ1n) is 4.79. The average molecular weight is 318 g/mol. The van der Waals surface area contributed by atoms with Crippen molar-refractivity contribution in [3.63, 3.8) is 0 Å². The molecule has 5 heteroatoms. The summed E-state index contributed by atoms with van der Waals surface area (Å²) in [7, 11) is 0. The molecule has 13 heavy (non-hydrogen) atoms. The van der Waals surface area contributed by atoms with Crippen molar-refractivity contribution in [3.8, 4) is 0 Å². The zero-order valence-electron chi connectivity index (χ0n) is 8.64.